The van der Waals surface area contributed by atoms with Crippen LogP contribution in [0.2, 0.25) is 0 Å². The van der Waals surface area contributed by atoms with E-state index in [9.17, 15) is 13.2 Å². The Labute approximate surface area is 101 Å². The molecule has 0 saturated carbocycles. The quantitative estimate of drug-likeness (QED) is 0.794. The minimum Gasteiger partial charge on any atom is -0.376 e. The molecule has 0 bridgehead atoms. The molecular weight excluding hydrogens is 245 g/mol. The standard InChI is InChI=1S/C12H9F3N2O/c13-8-4-10(15)9(14)3-6(8)12-7-5-18-2-1-11(7)16-17-12/h3-4H,1-2,5H2,(H,16,17). The van der Waals surface area contributed by atoms with Gasteiger partial charge in [-0.25, -0.2) is 13.2 Å². The first-order chi connectivity index (χ1) is 8.66. The van der Waals surface area contributed by atoms with Gasteiger partial charge in [-0.1, -0.05) is 0 Å². The second-order valence-electron chi connectivity index (χ2n) is 4.08. The summed E-state index contributed by atoms with van der Waals surface area (Å²) in [6, 6.07) is 1.34. The highest BCUT2D eigenvalue weighted by molar-refractivity contribution is 5.65. The number of halogens is 3. The molecule has 6 heteroatoms. The first-order valence-electron chi connectivity index (χ1n) is 5.45. The summed E-state index contributed by atoms with van der Waals surface area (Å²) in [5, 5.41) is 6.74. The Kier molecular flexibility index (Phi) is 2.59. The maximum absolute atomic E-state index is 13.7. The normalized spacial score (nSPS) is 14.6. The summed E-state index contributed by atoms with van der Waals surface area (Å²) in [5.41, 5.74) is 1.77. The van der Waals surface area contributed by atoms with E-state index in [1.165, 1.54) is 0 Å². The molecule has 0 spiro atoms. The molecule has 1 aromatic heterocycles. The third-order valence-electron chi connectivity index (χ3n) is 2.96. The second-order valence-corrected chi connectivity index (χ2v) is 4.08. The van der Waals surface area contributed by atoms with E-state index in [0.29, 0.717) is 31.3 Å². The number of hydrogen-bond acceptors (Lipinski definition) is 2. The first-order valence-corrected chi connectivity index (χ1v) is 5.45. The molecule has 0 amide bonds. The lowest BCUT2D eigenvalue weighted by Gasteiger charge is -2.12. The lowest BCUT2D eigenvalue weighted by atomic mass is 10.0. The fraction of sp³-hybridized carbons (Fsp3) is 0.250. The molecule has 94 valence electrons. The van der Waals surface area contributed by atoms with Crippen LogP contribution in [-0.2, 0) is 17.8 Å². The van der Waals surface area contributed by atoms with Crippen LogP contribution in [0.5, 0.6) is 0 Å². The molecule has 1 aromatic carbocycles. The van der Waals surface area contributed by atoms with Crippen molar-refractivity contribution in [3.8, 4) is 11.3 Å². The van der Waals surface area contributed by atoms with Crippen LogP contribution in [-0.4, -0.2) is 16.8 Å². The topological polar surface area (TPSA) is 37.9 Å². The minimum atomic E-state index is -1.21. The second kappa shape index (κ2) is 4.13. The van der Waals surface area contributed by atoms with Crippen molar-refractivity contribution in [2.75, 3.05) is 6.61 Å². The van der Waals surface area contributed by atoms with Crippen LogP contribution in [0.3, 0.4) is 0 Å². The number of hydrogen-bond donors (Lipinski definition) is 1. The number of nitrogens with zero attached hydrogens (tertiary/aromatic N) is 1. The SMILES string of the molecule is Fc1cc(F)c(-c2n[nH]c3c2COCC3)cc1F. The summed E-state index contributed by atoms with van der Waals surface area (Å²) >= 11 is 0. The van der Waals surface area contributed by atoms with Gasteiger partial charge in [-0.2, -0.15) is 5.10 Å². The number of ether oxygens (including phenoxy) is 1. The van der Waals surface area contributed by atoms with Crippen molar-refractivity contribution in [3.63, 3.8) is 0 Å². The van der Waals surface area contributed by atoms with E-state index in [2.05, 4.69) is 10.2 Å². The van der Waals surface area contributed by atoms with Crippen LogP contribution in [0.4, 0.5) is 13.2 Å². The van der Waals surface area contributed by atoms with E-state index < -0.39 is 17.5 Å². The molecular formula is C12H9F3N2O. The zero-order chi connectivity index (χ0) is 12.7. The number of rotatable bonds is 1. The summed E-state index contributed by atoms with van der Waals surface area (Å²) in [4.78, 5) is 0. The van der Waals surface area contributed by atoms with Crippen molar-refractivity contribution in [3.05, 3.63) is 40.8 Å². The van der Waals surface area contributed by atoms with E-state index in [1.54, 1.807) is 0 Å². The van der Waals surface area contributed by atoms with Crippen LogP contribution in [0.1, 0.15) is 11.3 Å². The van der Waals surface area contributed by atoms with Crippen molar-refractivity contribution >= 4 is 0 Å². The van der Waals surface area contributed by atoms with Gasteiger partial charge in [-0.05, 0) is 6.07 Å². The average Bonchev–Trinajstić information content (AvgIpc) is 2.78. The zero-order valence-corrected chi connectivity index (χ0v) is 9.27. The van der Waals surface area contributed by atoms with E-state index in [-0.39, 0.29) is 11.3 Å². The molecule has 2 aromatic rings. The Morgan fingerprint density at radius 3 is 2.72 bits per heavy atom. The summed E-state index contributed by atoms with van der Waals surface area (Å²) < 4.78 is 45.0. The smallest absolute Gasteiger partial charge is 0.161 e. The molecule has 3 rings (SSSR count). The van der Waals surface area contributed by atoms with Gasteiger partial charge in [0.15, 0.2) is 11.6 Å². The molecule has 0 radical (unpaired) electrons. The lowest BCUT2D eigenvalue weighted by molar-refractivity contribution is 0.110. The third kappa shape index (κ3) is 1.69. The van der Waals surface area contributed by atoms with Gasteiger partial charge < -0.3 is 4.74 Å². The average molecular weight is 254 g/mol. The number of H-pyrrole nitrogens is 1. The molecule has 0 unspecified atom stereocenters. The summed E-state index contributed by atoms with van der Waals surface area (Å²) in [6.07, 6.45) is 0.646. The molecule has 1 aliphatic rings. The molecule has 0 aliphatic carbocycles. The van der Waals surface area contributed by atoms with Crippen LogP contribution >= 0.6 is 0 Å². The molecule has 0 atom stereocenters. The first kappa shape index (κ1) is 11.3. The summed E-state index contributed by atoms with van der Waals surface area (Å²) in [7, 11) is 0. The lowest BCUT2D eigenvalue weighted by Crippen LogP contribution is -2.09. The van der Waals surface area contributed by atoms with Crippen molar-refractivity contribution in [2.24, 2.45) is 0 Å². The minimum absolute atomic E-state index is 0.0584. The highest BCUT2D eigenvalue weighted by Gasteiger charge is 2.22. The van der Waals surface area contributed by atoms with Crippen molar-refractivity contribution in [1.82, 2.24) is 10.2 Å². The third-order valence-corrected chi connectivity index (χ3v) is 2.96. The predicted octanol–water partition coefficient (Wildman–Crippen LogP) is 2.57. The number of fused-ring (bicyclic) bond motifs is 1. The van der Waals surface area contributed by atoms with E-state index in [4.69, 9.17) is 4.74 Å². The van der Waals surface area contributed by atoms with Crippen molar-refractivity contribution in [1.29, 1.82) is 0 Å². The van der Waals surface area contributed by atoms with Crippen molar-refractivity contribution < 1.29 is 17.9 Å². The molecule has 3 nitrogen and oxygen atoms in total. The fourth-order valence-electron chi connectivity index (χ4n) is 2.04. The van der Waals surface area contributed by atoms with Gasteiger partial charge in [0.25, 0.3) is 0 Å². The summed E-state index contributed by atoms with van der Waals surface area (Å²) in [5.74, 6) is -3.15. The Morgan fingerprint density at radius 1 is 1.11 bits per heavy atom. The van der Waals surface area contributed by atoms with Gasteiger partial charge in [0.05, 0.1) is 13.2 Å². The van der Waals surface area contributed by atoms with Gasteiger partial charge in [0, 0.05) is 29.3 Å². The number of aromatic amines is 1. The van der Waals surface area contributed by atoms with Crippen LogP contribution in [0, 0.1) is 17.5 Å². The predicted molar refractivity (Wildman–Crippen MR) is 57.3 cm³/mol. The molecule has 1 N–H and O–H groups in total. The maximum Gasteiger partial charge on any atom is 0.161 e. The van der Waals surface area contributed by atoms with Crippen molar-refractivity contribution in [2.45, 2.75) is 13.0 Å². The largest absolute Gasteiger partial charge is 0.376 e. The van der Waals surface area contributed by atoms with Gasteiger partial charge in [0.1, 0.15) is 11.5 Å². The molecule has 0 fully saturated rings. The Morgan fingerprint density at radius 2 is 1.89 bits per heavy atom. The van der Waals surface area contributed by atoms with Crippen LogP contribution in [0.15, 0.2) is 12.1 Å². The number of benzene rings is 1. The number of aromatic nitrogens is 2. The van der Waals surface area contributed by atoms with Gasteiger partial charge in [0.2, 0.25) is 0 Å². The van der Waals surface area contributed by atoms with Gasteiger partial charge >= 0.3 is 0 Å². The van der Waals surface area contributed by atoms with E-state index in [1.807, 2.05) is 0 Å². The van der Waals surface area contributed by atoms with Gasteiger partial charge in [-0.3, -0.25) is 5.10 Å². The molecule has 18 heavy (non-hydrogen) atoms. The molecule has 2 heterocycles. The number of nitrogens with one attached hydrogen (secondary N) is 1. The van der Waals surface area contributed by atoms with Crippen LogP contribution in [0.25, 0.3) is 11.3 Å². The molecule has 0 saturated heterocycles. The van der Waals surface area contributed by atoms with E-state index in [0.717, 1.165) is 11.8 Å². The fourth-order valence-corrected chi connectivity index (χ4v) is 2.04. The zero-order valence-electron chi connectivity index (χ0n) is 9.27. The van der Waals surface area contributed by atoms with Crippen LogP contribution < -0.4 is 0 Å². The Balaban J connectivity index is 2.15. The monoisotopic (exact) mass is 254 g/mol. The Hall–Kier alpha value is -1.82. The van der Waals surface area contributed by atoms with E-state index >= 15 is 0 Å². The summed E-state index contributed by atoms with van der Waals surface area (Å²) in [6.45, 7) is 0.856. The Bertz CT molecular complexity index is 610. The highest BCUT2D eigenvalue weighted by atomic mass is 19.2. The maximum atomic E-state index is 13.7. The van der Waals surface area contributed by atoms with Gasteiger partial charge in [-0.15, -0.1) is 0 Å². The molecule has 1 aliphatic heterocycles. The highest BCUT2D eigenvalue weighted by Crippen LogP contribution is 2.30.